The number of carbonyl (C=O) groups excluding carboxylic acids is 1. The highest BCUT2D eigenvalue weighted by atomic mass is 16.1. The lowest BCUT2D eigenvalue weighted by Gasteiger charge is -2.32. The molecule has 2 aliphatic rings. The van der Waals surface area contributed by atoms with Crippen LogP contribution in [0.25, 0.3) is 0 Å². The van der Waals surface area contributed by atoms with Crippen molar-refractivity contribution in [2.45, 2.75) is 45.1 Å². The number of nitriles is 1. The van der Waals surface area contributed by atoms with Crippen LogP contribution in [-0.4, -0.2) is 23.9 Å². The zero-order valence-corrected chi connectivity index (χ0v) is 13.6. The minimum Gasteiger partial charge on any atom is -0.369 e. The first kappa shape index (κ1) is 16.0. The maximum Gasteiger partial charge on any atom is 0.220 e. The van der Waals surface area contributed by atoms with Gasteiger partial charge < -0.3 is 5.73 Å². The summed E-state index contributed by atoms with van der Waals surface area (Å²) < 4.78 is 0. The van der Waals surface area contributed by atoms with Gasteiger partial charge in [0.05, 0.1) is 11.6 Å². The van der Waals surface area contributed by atoms with Crippen LogP contribution in [0.3, 0.4) is 0 Å². The molecule has 1 fully saturated rings. The van der Waals surface area contributed by atoms with E-state index < -0.39 is 0 Å². The second-order valence-electron chi connectivity index (χ2n) is 7.03. The first-order chi connectivity index (χ1) is 11.2. The molecule has 1 saturated carbocycles. The van der Waals surface area contributed by atoms with Crippen molar-refractivity contribution in [3.8, 4) is 6.07 Å². The van der Waals surface area contributed by atoms with E-state index in [2.05, 4.69) is 17.0 Å². The predicted molar refractivity (Wildman–Crippen MR) is 89.4 cm³/mol. The Balaban J connectivity index is 1.47. The number of hydrogen-bond acceptors (Lipinski definition) is 3. The lowest BCUT2D eigenvalue weighted by atomic mass is 9.80. The van der Waals surface area contributed by atoms with E-state index in [1.54, 1.807) is 0 Å². The van der Waals surface area contributed by atoms with Crippen LogP contribution >= 0.6 is 0 Å². The van der Waals surface area contributed by atoms with Gasteiger partial charge in [-0.15, -0.1) is 0 Å². The Hall–Kier alpha value is -1.86. The highest BCUT2D eigenvalue weighted by Crippen LogP contribution is 2.31. The average molecular weight is 311 g/mol. The number of primary amides is 1. The lowest BCUT2D eigenvalue weighted by Crippen LogP contribution is -2.33. The second-order valence-corrected chi connectivity index (χ2v) is 7.03. The van der Waals surface area contributed by atoms with Gasteiger partial charge in [-0.2, -0.15) is 5.26 Å². The minimum absolute atomic E-state index is 0.113. The molecular weight excluding hydrogens is 286 g/mol. The summed E-state index contributed by atoms with van der Waals surface area (Å²) in [4.78, 5) is 13.7. The molecule has 1 aliphatic heterocycles. The number of carbonyl (C=O) groups is 1. The summed E-state index contributed by atoms with van der Waals surface area (Å²) in [6.07, 6.45) is 6.49. The molecule has 1 heterocycles. The Kier molecular flexibility index (Phi) is 4.97. The molecule has 2 N–H and O–H groups in total. The Morgan fingerprint density at radius 3 is 2.74 bits per heavy atom. The zero-order chi connectivity index (χ0) is 16.2. The van der Waals surface area contributed by atoms with Crippen molar-refractivity contribution in [2.24, 2.45) is 17.6 Å². The predicted octanol–water partition coefficient (Wildman–Crippen LogP) is 2.60. The number of benzene rings is 1. The third-order valence-electron chi connectivity index (χ3n) is 5.53. The Morgan fingerprint density at radius 2 is 2.04 bits per heavy atom. The van der Waals surface area contributed by atoms with Crippen LogP contribution in [0, 0.1) is 23.2 Å². The first-order valence-electron chi connectivity index (χ1n) is 8.69. The molecule has 23 heavy (non-hydrogen) atoms. The van der Waals surface area contributed by atoms with E-state index in [-0.39, 0.29) is 11.8 Å². The lowest BCUT2D eigenvalue weighted by molar-refractivity contribution is -0.123. The van der Waals surface area contributed by atoms with Crippen molar-refractivity contribution < 1.29 is 4.79 Å². The highest BCUT2D eigenvalue weighted by molar-refractivity contribution is 5.76. The van der Waals surface area contributed by atoms with E-state index >= 15 is 0 Å². The molecule has 1 aromatic carbocycles. The summed E-state index contributed by atoms with van der Waals surface area (Å²) in [6.45, 7) is 3.21. The standard InChI is InChI=1S/C19H25N3O/c20-12-15-3-6-18-13-22(10-8-17(18)11-15)9-7-14-1-4-16(5-2-14)19(21)23/h3,6,11,14,16H,1-2,4-5,7-10,13H2,(H2,21,23). The number of nitrogens with two attached hydrogens (primary N) is 1. The molecule has 1 amide bonds. The number of amides is 1. The van der Waals surface area contributed by atoms with Gasteiger partial charge in [-0.05, 0) is 74.2 Å². The Morgan fingerprint density at radius 1 is 1.26 bits per heavy atom. The molecule has 4 nitrogen and oxygen atoms in total. The van der Waals surface area contributed by atoms with Crippen LogP contribution in [0.2, 0.25) is 0 Å². The van der Waals surface area contributed by atoms with Gasteiger partial charge in [-0.25, -0.2) is 0 Å². The molecule has 0 aromatic heterocycles. The summed E-state index contributed by atoms with van der Waals surface area (Å²) in [5.74, 6) is 0.739. The van der Waals surface area contributed by atoms with Crippen molar-refractivity contribution >= 4 is 5.91 Å². The fraction of sp³-hybridized carbons (Fsp3) is 0.579. The Bertz CT molecular complexity index is 612. The smallest absolute Gasteiger partial charge is 0.220 e. The number of hydrogen-bond donors (Lipinski definition) is 1. The average Bonchev–Trinajstić information content (AvgIpc) is 2.59. The number of nitrogens with zero attached hydrogens (tertiary/aromatic N) is 2. The fourth-order valence-electron chi connectivity index (χ4n) is 3.97. The molecule has 0 spiro atoms. The van der Waals surface area contributed by atoms with Crippen molar-refractivity contribution in [1.82, 2.24) is 4.90 Å². The van der Waals surface area contributed by atoms with E-state index in [0.29, 0.717) is 0 Å². The maximum atomic E-state index is 11.2. The van der Waals surface area contributed by atoms with Crippen LogP contribution < -0.4 is 5.73 Å². The fourth-order valence-corrected chi connectivity index (χ4v) is 3.97. The van der Waals surface area contributed by atoms with Crippen molar-refractivity contribution in [3.63, 3.8) is 0 Å². The monoisotopic (exact) mass is 311 g/mol. The topological polar surface area (TPSA) is 70.1 Å². The van der Waals surface area contributed by atoms with Gasteiger partial charge in [0.2, 0.25) is 5.91 Å². The van der Waals surface area contributed by atoms with E-state index in [9.17, 15) is 4.79 Å². The van der Waals surface area contributed by atoms with Crippen LogP contribution in [0.5, 0.6) is 0 Å². The van der Waals surface area contributed by atoms with Gasteiger partial charge in [0.15, 0.2) is 0 Å². The summed E-state index contributed by atoms with van der Waals surface area (Å²) in [6, 6.07) is 8.29. The maximum absolute atomic E-state index is 11.2. The molecule has 1 aliphatic carbocycles. The summed E-state index contributed by atoms with van der Waals surface area (Å²) in [5.41, 5.74) is 8.87. The molecule has 0 radical (unpaired) electrons. The first-order valence-corrected chi connectivity index (χ1v) is 8.69. The van der Waals surface area contributed by atoms with E-state index in [4.69, 9.17) is 11.0 Å². The van der Waals surface area contributed by atoms with Gasteiger partial charge >= 0.3 is 0 Å². The summed E-state index contributed by atoms with van der Waals surface area (Å²) in [5, 5.41) is 8.98. The van der Waals surface area contributed by atoms with Crippen LogP contribution in [-0.2, 0) is 17.8 Å². The van der Waals surface area contributed by atoms with Crippen LogP contribution in [0.1, 0.15) is 48.8 Å². The quantitative estimate of drug-likeness (QED) is 0.929. The second kappa shape index (κ2) is 7.14. The zero-order valence-electron chi connectivity index (χ0n) is 13.6. The minimum atomic E-state index is -0.118. The molecule has 0 saturated heterocycles. The van der Waals surface area contributed by atoms with E-state index in [1.807, 2.05) is 12.1 Å². The van der Waals surface area contributed by atoms with Crippen molar-refractivity contribution in [2.75, 3.05) is 13.1 Å². The molecule has 0 atom stereocenters. The van der Waals surface area contributed by atoms with Crippen LogP contribution in [0.15, 0.2) is 18.2 Å². The molecule has 0 bridgehead atoms. The van der Waals surface area contributed by atoms with Gasteiger partial charge in [-0.1, -0.05) is 6.07 Å². The SMILES string of the molecule is N#Cc1ccc2c(c1)CCN(CCC1CCC(C(N)=O)CC1)C2. The number of fused-ring (bicyclic) bond motifs is 1. The number of rotatable bonds is 4. The highest BCUT2D eigenvalue weighted by Gasteiger charge is 2.25. The third-order valence-corrected chi connectivity index (χ3v) is 5.53. The molecule has 122 valence electrons. The van der Waals surface area contributed by atoms with E-state index in [1.165, 1.54) is 17.5 Å². The summed E-state index contributed by atoms with van der Waals surface area (Å²) >= 11 is 0. The summed E-state index contributed by atoms with van der Waals surface area (Å²) in [7, 11) is 0. The Labute approximate surface area is 138 Å². The van der Waals surface area contributed by atoms with Crippen molar-refractivity contribution in [3.05, 3.63) is 34.9 Å². The van der Waals surface area contributed by atoms with E-state index in [0.717, 1.165) is 63.2 Å². The third kappa shape index (κ3) is 3.92. The molecular formula is C19H25N3O. The van der Waals surface area contributed by atoms with Gasteiger partial charge in [0.25, 0.3) is 0 Å². The van der Waals surface area contributed by atoms with Gasteiger partial charge in [0.1, 0.15) is 0 Å². The van der Waals surface area contributed by atoms with Crippen molar-refractivity contribution in [1.29, 1.82) is 5.26 Å². The normalized spacial score (nSPS) is 24.7. The largest absolute Gasteiger partial charge is 0.369 e. The molecule has 4 heteroatoms. The molecule has 3 rings (SSSR count). The molecule has 1 aromatic rings. The van der Waals surface area contributed by atoms with Gasteiger partial charge in [-0.3, -0.25) is 9.69 Å². The van der Waals surface area contributed by atoms with Crippen LogP contribution in [0.4, 0.5) is 0 Å². The van der Waals surface area contributed by atoms with Gasteiger partial charge in [0, 0.05) is 19.0 Å². The molecule has 0 unspecified atom stereocenters.